The molecule has 0 aliphatic heterocycles. The highest BCUT2D eigenvalue weighted by atomic mass is 79.9. The molecule has 3 nitrogen and oxygen atoms in total. The number of hydrogen-bond donors (Lipinski definition) is 1. The fraction of sp³-hybridized carbons (Fsp3) is 0.235. The van der Waals surface area contributed by atoms with Gasteiger partial charge < -0.3 is 10.5 Å². The Morgan fingerprint density at radius 1 is 1.24 bits per heavy atom. The number of hydrogen-bond acceptors (Lipinski definition) is 3. The second-order valence-corrected chi connectivity index (χ2v) is 5.69. The van der Waals surface area contributed by atoms with Gasteiger partial charge in [0.1, 0.15) is 17.9 Å². The van der Waals surface area contributed by atoms with Gasteiger partial charge in [0.2, 0.25) is 0 Å². The Morgan fingerprint density at radius 3 is 2.67 bits per heavy atom. The van der Waals surface area contributed by atoms with E-state index in [1.54, 1.807) is 12.1 Å². The number of para-hydroxylation sites is 1. The van der Waals surface area contributed by atoms with Gasteiger partial charge in [-0.25, -0.2) is 0 Å². The first-order valence-corrected chi connectivity index (χ1v) is 7.61. The lowest BCUT2D eigenvalue weighted by Crippen LogP contribution is -2.31. The van der Waals surface area contributed by atoms with Gasteiger partial charge in [-0.15, -0.1) is 0 Å². The van der Waals surface area contributed by atoms with Crippen LogP contribution >= 0.6 is 15.9 Å². The molecule has 4 heteroatoms. The summed E-state index contributed by atoms with van der Waals surface area (Å²) in [5.74, 6) is 0.564. The van der Waals surface area contributed by atoms with Crippen LogP contribution in [0.1, 0.15) is 30.6 Å². The molecule has 0 amide bonds. The minimum absolute atomic E-state index is 0.147. The summed E-state index contributed by atoms with van der Waals surface area (Å²) >= 11 is 3.47. The average molecular weight is 345 g/mol. The number of nitrogens with zero attached hydrogens (tertiary/aromatic N) is 1. The van der Waals surface area contributed by atoms with E-state index in [-0.39, 0.29) is 12.1 Å². The predicted molar refractivity (Wildman–Crippen MR) is 86.9 cm³/mol. The first kappa shape index (κ1) is 15.6. The van der Waals surface area contributed by atoms with Gasteiger partial charge in [-0.3, -0.25) is 0 Å². The van der Waals surface area contributed by atoms with Crippen LogP contribution in [0.3, 0.4) is 0 Å². The summed E-state index contributed by atoms with van der Waals surface area (Å²) in [6.07, 6.45) is 0.494. The Balaban J connectivity index is 2.36. The second kappa shape index (κ2) is 7.26. The molecule has 0 spiro atoms. The summed E-state index contributed by atoms with van der Waals surface area (Å²) in [7, 11) is 0. The van der Waals surface area contributed by atoms with E-state index in [0.717, 1.165) is 16.5 Å². The van der Waals surface area contributed by atoms with Gasteiger partial charge in [0.15, 0.2) is 0 Å². The number of halogens is 1. The fourth-order valence-corrected chi connectivity index (χ4v) is 2.52. The molecule has 0 fully saturated rings. The van der Waals surface area contributed by atoms with E-state index in [2.05, 4.69) is 22.0 Å². The van der Waals surface area contributed by atoms with Gasteiger partial charge >= 0.3 is 0 Å². The lowest BCUT2D eigenvalue weighted by Gasteiger charge is -2.25. The van der Waals surface area contributed by atoms with E-state index in [4.69, 9.17) is 10.5 Å². The Kier molecular flexibility index (Phi) is 5.38. The average Bonchev–Trinajstić information content (AvgIpc) is 2.52. The van der Waals surface area contributed by atoms with Gasteiger partial charge in [-0.05, 0) is 36.2 Å². The van der Waals surface area contributed by atoms with Crippen molar-refractivity contribution in [2.45, 2.75) is 25.5 Å². The normalized spacial score (nSPS) is 13.2. The minimum atomic E-state index is -0.290. The molecule has 0 bridgehead atoms. The molecule has 2 aromatic carbocycles. The Bertz CT molecular complexity index is 651. The van der Waals surface area contributed by atoms with E-state index < -0.39 is 0 Å². The Hall–Kier alpha value is -1.83. The van der Waals surface area contributed by atoms with Gasteiger partial charge in [-0.2, -0.15) is 5.26 Å². The smallest absolute Gasteiger partial charge is 0.139 e. The van der Waals surface area contributed by atoms with E-state index in [0.29, 0.717) is 11.3 Å². The van der Waals surface area contributed by atoms with Crippen molar-refractivity contribution in [2.75, 3.05) is 0 Å². The minimum Gasteiger partial charge on any atom is -0.483 e. The van der Waals surface area contributed by atoms with Crippen LogP contribution < -0.4 is 10.5 Å². The number of benzene rings is 2. The topological polar surface area (TPSA) is 59.0 Å². The number of nitrogens with two attached hydrogens (primary N) is 1. The molecule has 108 valence electrons. The molecule has 0 saturated carbocycles. The summed E-state index contributed by atoms with van der Waals surface area (Å²) < 4.78 is 7.04. The van der Waals surface area contributed by atoms with Gasteiger partial charge in [0, 0.05) is 10.5 Å². The number of ether oxygens (including phenoxy) is 1. The summed E-state index contributed by atoms with van der Waals surface area (Å²) in [5.41, 5.74) is 7.72. The maximum atomic E-state index is 9.17. The molecule has 0 radical (unpaired) electrons. The maximum Gasteiger partial charge on any atom is 0.139 e. The summed E-state index contributed by atoms with van der Waals surface area (Å²) in [6, 6.07) is 17.1. The Labute approximate surface area is 133 Å². The van der Waals surface area contributed by atoms with Crippen LogP contribution in [0.4, 0.5) is 0 Å². The van der Waals surface area contributed by atoms with Crippen molar-refractivity contribution in [3.05, 3.63) is 64.1 Å². The first-order valence-electron chi connectivity index (χ1n) is 6.82. The summed E-state index contributed by atoms with van der Waals surface area (Å²) in [4.78, 5) is 0. The van der Waals surface area contributed by atoms with Crippen molar-refractivity contribution in [1.82, 2.24) is 0 Å². The molecule has 2 unspecified atom stereocenters. The maximum absolute atomic E-state index is 9.17. The molecular formula is C17H17BrN2O. The van der Waals surface area contributed by atoms with E-state index in [1.165, 1.54) is 0 Å². The SMILES string of the molecule is CCC(N)C(Oc1ccccc1C#N)c1cccc(Br)c1. The van der Waals surface area contributed by atoms with Crippen LogP contribution in [0.25, 0.3) is 0 Å². The molecule has 0 heterocycles. The van der Waals surface area contributed by atoms with Crippen LogP contribution in [0.2, 0.25) is 0 Å². The fourth-order valence-electron chi connectivity index (χ4n) is 2.10. The predicted octanol–water partition coefficient (Wildman–Crippen LogP) is 4.18. The van der Waals surface area contributed by atoms with Crippen LogP contribution in [-0.2, 0) is 0 Å². The third-order valence-corrected chi connectivity index (χ3v) is 3.79. The first-order chi connectivity index (χ1) is 10.2. The van der Waals surface area contributed by atoms with Crippen LogP contribution in [0, 0.1) is 11.3 Å². The quantitative estimate of drug-likeness (QED) is 0.884. The van der Waals surface area contributed by atoms with Gasteiger partial charge in [0.25, 0.3) is 0 Å². The molecule has 0 aliphatic rings. The molecule has 21 heavy (non-hydrogen) atoms. The third-order valence-electron chi connectivity index (χ3n) is 3.30. The highest BCUT2D eigenvalue weighted by Crippen LogP contribution is 2.29. The van der Waals surface area contributed by atoms with Gasteiger partial charge in [-0.1, -0.05) is 47.1 Å². The third kappa shape index (κ3) is 3.84. The lowest BCUT2D eigenvalue weighted by molar-refractivity contribution is 0.170. The molecule has 2 atom stereocenters. The summed E-state index contributed by atoms with van der Waals surface area (Å²) in [5, 5.41) is 9.17. The second-order valence-electron chi connectivity index (χ2n) is 4.77. The lowest BCUT2D eigenvalue weighted by atomic mass is 10.0. The zero-order valence-electron chi connectivity index (χ0n) is 11.8. The standard InChI is InChI=1S/C17H17BrN2O/c1-2-15(20)17(12-7-5-8-14(18)10-12)21-16-9-4-3-6-13(16)11-19/h3-10,15,17H,2,20H2,1H3. The molecule has 2 aromatic rings. The number of rotatable bonds is 5. The van der Waals surface area contributed by atoms with Crippen molar-refractivity contribution >= 4 is 15.9 Å². The molecule has 2 rings (SSSR count). The van der Waals surface area contributed by atoms with Crippen LogP contribution in [0.15, 0.2) is 53.0 Å². The molecule has 0 aromatic heterocycles. The van der Waals surface area contributed by atoms with Crippen molar-refractivity contribution in [1.29, 1.82) is 5.26 Å². The monoisotopic (exact) mass is 344 g/mol. The van der Waals surface area contributed by atoms with E-state index in [9.17, 15) is 5.26 Å². The largest absolute Gasteiger partial charge is 0.483 e. The van der Waals surface area contributed by atoms with Crippen molar-refractivity contribution in [3.63, 3.8) is 0 Å². The molecule has 2 N–H and O–H groups in total. The highest BCUT2D eigenvalue weighted by molar-refractivity contribution is 9.10. The molecular weight excluding hydrogens is 328 g/mol. The van der Waals surface area contributed by atoms with Crippen LogP contribution in [0.5, 0.6) is 5.75 Å². The van der Waals surface area contributed by atoms with Crippen molar-refractivity contribution < 1.29 is 4.74 Å². The zero-order chi connectivity index (χ0) is 15.2. The molecule has 0 saturated heterocycles. The van der Waals surface area contributed by atoms with E-state index in [1.807, 2.05) is 43.3 Å². The molecule has 0 aliphatic carbocycles. The van der Waals surface area contributed by atoms with E-state index >= 15 is 0 Å². The summed E-state index contributed by atoms with van der Waals surface area (Å²) in [6.45, 7) is 2.02. The zero-order valence-corrected chi connectivity index (χ0v) is 13.4. The Morgan fingerprint density at radius 2 is 2.00 bits per heavy atom. The van der Waals surface area contributed by atoms with Crippen molar-refractivity contribution in [2.24, 2.45) is 5.73 Å². The van der Waals surface area contributed by atoms with Crippen LogP contribution in [-0.4, -0.2) is 6.04 Å². The van der Waals surface area contributed by atoms with Gasteiger partial charge in [0.05, 0.1) is 5.56 Å². The number of nitriles is 1. The highest BCUT2D eigenvalue weighted by Gasteiger charge is 2.21. The van der Waals surface area contributed by atoms with Crippen molar-refractivity contribution in [3.8, 4) is 11.8 Å².